The minimum absolute atomic E-state index is 0.0290. The standard InChI is InChI=1S/C24H21FN4O5/c1-31-20-7-5-4-6-18(20)29-24(30)28-17-9-8-14(10-16(17)25)34-23-15-11-21(32-2)22(33-3)12-19(15)26-13-27-23/h4-13H,1-3H3,(H2,28,29,30). The van der Waals surface area contributed by atoms with Gasteiger partial charge in [0.2, 0.25) is 5.88 Å². The maximum absolute atomic E-state index is 14.7. The third-order valence-corrected chi connectivity index (χ3v) is 4.86. The molecule has 0 unspecified atom stereocenters. The van der Waals surface area contributed by atoms with Crippen LogP contribution in [0.2, 0.25) is 0 Å². The summed E-state index contributed by atoms with van der Waals surface area (Å²) in [5, 5.41) is 5.64. The molecule has 1 aromatic heterocycles. The molecule has 0 saturated carbocycles. The van der Waals surface area contributed by atoms with E-state index in [0.717, 1.165) is 6.07 Å². The van der Waals surface area contributed by atoms with Crippen LogP contribution >= 0.6 is 0 Å². The summed E-state index contributed by atoms with van der Waals surface area (Å²) in [4.78, 5) is 20.7. The summed E-state index contributed by atoms with van der Waals surface area (Å²) in [6.45, 7) is 0. The Morgan fingerprint density at radius 2 is 1.53 bits per heavy atom. The number of methoxy groups -OCH3 is 3. The molecule has 0 saturated heterocycles. The highest BCUT2D eigenvalue weighted by Gasteiger charge is 2.14. The number of nitrogens with zero attached hydrogens (tertiary/aromatic N) is 2. The Hall–Kier alpha value is -4.60. The van der Waals surface area contributed by atoms with Gasteiger partial charge in [0.25, 0.3) is 0 Å². The number of halogens is 1. The topological polar surface area (TPSA) is 104 Å². The maximum Gasteiger partial charge on any atom is 0.323 e. The third-order valence-electron chi connectivity index (χ3n) is 4.86. The van der Waals surface area contributed by atoms with Crippen LogP contribution in [0, 0.1) is 5.82 Å². The van der Waals surface area contributed by atoms with E-state index in [4.69, 9.17) is 18.9 Å². The van der Waals surface area contributed by atoms with Gasteiger partial charge in [0.15, 0.2) is 11.5 Å². The molecule has 0 aliphatic carbocycles. The first kappa shape index (κ1) is 22.6. The number of benzene rings is 3. The fraction of sp³-hybridized carbons (Fsp3) is 0.125. The van der Waals surface area contributed by atoms with E-state index < -0.39 is 11.8 Å². The third kappa shape index (κ3) is 4.75. The minimum Gasteiger partial charge on any atom is -0.495 e. The number of carbonyl (C=O) groups is 1. The molecule has 0 bridgehead atoms. The van der Waals surface area contributed by atoms with Gasteiger partial charge in [-0.05, 0) is 30.3 Å². The van der Waals surface area contributed by atoms with Gasteiger partial charge >= 0.3 is 6.03 Å². The Morgan fingerprint density at radius 1 is 0.824 bits per heavy atom. The number of hydrogen-bond acceptors (Lipinski definition) is 7. The van der Waals surface area contributed by atoms with E-state index in [1.807, 2.05) is 0 Å². The van der Waals surface area contributed by atoms with Gasteiger partial charge < -0.3 is 29.6 Å². The average Bonchev–Trinajstić information content (AvgIpc) is 2.85. The lowest BCUT2D eigenvalue weighted by Gasteiger charge is -2.13. The van der Waals surface area contributed by atoms with Gasteiger partial charge in [-0.3, -0.25) is 0 Å². The molecule has 174 valence electrons. The highest BCUT2D eigenvalue weighted by molar-refractivity contribution is 6.00. The first-order chi connectivity index (χ1) is 16.5. The van der Waals surface area contributed by atoms with E-state index >= 15 is 0 Å². The zero-order valence-corrected chi connectivity index (χ0v) is 18.6. The number of carbonyl (C=O) groups excluding carboxylic acids is 1. The van der Waals surface area contributed by atoms with Gasteiger partial charge in [-0.1, -0.05) is 12.1 Å². The van der Waals surface area contributed by atoms with Crippen LogP contribution in [0.3, 0.4) is 0 Å². The molecule has 0 atom stereocenters. The quantitative estimate of drug-likeness (QED) is 0.386. The van der Waals surface area contributed by atoms with Crippen molar-refractivity contribution in [3.05, 3.63) is 66.7 Å². The Balaban J connectivity index is 1.52. The molecule has 2 amide bonds. The van der Waals surface area contributed by atoms with Crippen molar-refractivity contribution in [1.82, 2.24) is 9.97 Å². The molecule has 0 aliphatic heterocycles. The molecule has 0 spiro atoms. The summed E-state index contributed by atoms with van der Waals surface area (Å²) >= 11 is 0. The number of rotatable bonds is 7. The summed E-state index contributed by atoms with van der Waals surface area (Å²) in [5.41, 5.74) is 0.985. The number of anilines is 2. The normalized spacial score (nSPS) is 10.5. The van der Waals surface area contributed by atoms with Gasteiger partial charge in [-0.25, -0.2) is 19.2 Å². The van der Waals surface area contributed by atoms with Crippen molar-refractivity contribution in [2.45, 2.75) is 0 Å². The highest BCUT2D eigenvalue weighted by atomic mass is 19.1. The van der Waals surface area contributed by atoms with E-state index in [1.54, 1.807) is 36.4 Å². The van der Waals surface area contributed by atoms with Crippen molar-refractivity contribution in [3.8, 4) is 28.9 Å². The largest absolute Gasteiger partial charge is 0.495 e. The van der Waals surface area contributed by atoms with Gasteiger partial charge in [0.1, 0.15) is 23.6 Å². The van der Waals surface area contributed by atoms with Gasteiger partial charge in [0, 0.05) is 12.1 Å². The van der Waals surface area contributed by atoms with Gasteiger partial charge in [-0.15, -0.1) is 0 Å². The van der Waals surface area contributed by atoms with Crippen LogP contribution in [0.5, 0.6) is 28.9 Å². The SMILES string of the molecule is COc1ccccc1NC(=O)Nc1ccc(Oc2ncnc3cc(OC)c(OC)cc23)cc1F. The van der Waals surface area contributed by atoms with E-state index in [1.165, 1.54) is 39.8 Å². The van der Waals surface area contributed by atoms with Crippen LogP contribution in [0.15, 0.2) is 60.9 Å². The summed E-state index contributed by atoms with van der Waals surface area (Å²) < 4.78 is 36.3. The van der Waals surface area contributed by atoms with E-state index in [0.29, 0.717) is 33.8 Å². The Morgan fingerprint density at radius 3 is 2.26 bits per heavy atom. The molecule has 9 nitrogen and oxygen atoms in total. The summed E-state index contributed by atoms with van der Waals surface area (Å²) in [6.07, 6.45) is 1.33. The molecule has 10 heteroatoms. The van der Waals surface area contributed by atoms with E-state index in [9.17, 15) is 9.18 Å². The van der Waals surface area contributed by atoms with Crippen molar-refractivity contribution in [2.24, 2.45) is 0 Å². The van der Waals surface area contributed by atoms with Crippen molar-refractivity contribution < 1.29 is 28.1 Å². The summed E-state index contributed by atoms with van der Waals surface area (Å²) in [6, 6.07) is 13.7. The number of ether oxygens (including phenoxy) is 4. The molecule has 0 radical (unpaired) electrons. The smallest absolute Gasteiger partial charge is 0.323 e. The Bertz CT molecular complexity index is 1350. The highest BCUT2D eigenvalue weighted by Crippen LogP contribution is 2.36. The second-order valence-electron chi connectivity index (χ2n) is 6.93. The van der Waals surface area contributed by atoms with E-state index in [-0.39, 0.29) is 17.3 Å². The Labute approximate surface area is 194 Å². The lowest BCUT2D eigenvalue weighted by Crippen LogP contribution is -2.20. The summed E-state index contributed by atoms with van der Waals surface area (Å²) in [5.74, 6) is 1.16. The van der Waals surface area contributed by atoms with Crippen LogP contribution in [-0.2, 0) is 0 Å². The number of aromatic nitrogens is 2. The fourth-order valence-corrected chi connectivity index (χ4v) is 3.24. The number of hydrogen-bond donors (Lipinski definition) is 2. The van der Waals surface area contributed by atoms with Crippen LogP contribution in [0.4, 0.5) is 20.6 Å². The van der Waals surface area contributed by atoms with Crippen LogP contribution in [-0.4, -0.2) is 37.3 Å². The minimum atomic E-state index is -0.690. The predicted octanol–water partition coefficient (Wildman–Crippen LogP) is 5.23. The summed E-state index contributed by atoms with van der Waals surface area (Å²) in [7, 11) is 4.53. The molecule has 3 aromatic carbocycles. The average molecular weight is 464 g/mol. The lowest BCUT2D eigenvalue weighted by atomic mass is 10.2. The number of urea groups is 1. The number of nitrogens with one attached hydrogen (secondary N) is 2. The number of fused-ring (bicyclic) bond motifs is 1. The van der Waals surface area contributed by atoms with Crippen LogP contribution < -0.4 is 29.6 Å². The van der Waals surface area contributed by atoms with E-state index in [2.05, 4.69) is 20.6 Å². The van der Waals surface area contributed by atoms with Crippen LogP contribution in [0.25, 0.3) is 10.9 Å². The molecule has 1 heterocycles. The molecule has 4 aromatic rings. The van der Waals surface area contributed by atoms with Crippen molar-refractivity contribution in [3.63, 3.8) is 0 Å². The first-order valence-electron chi connectivity index (χ1n) is 10.1. The van der Waals surface area contributed by atoms with Crippen molar-refractivity contribution in [1.29, 1.82) is 0 Å². The second-order valence-corrected chi connectivity index (χ2v) is 6.93. The molecule has 34 heavy (non-hydrogen) atoms. The molecule has 0 aliphatic rings. The zero-order valence-electron chi connectivity index (χ0n) is 18.6. The lowest BCUT2D eigenvalue weighted by molar-refractivity contribution is 0.262. The molecular weight excluding hydrogens is 443 g/mol. The first-order valence-corrected chi connectivity index (χ1v) is 10.1. The van der Waals surface area contributed by atoms with Crippen molar-refractivity contribution in [2.75, 3.05) is 32.0 Å². The monoisotopic (exact) mass is 464 g/mol. The van der Waals surface area contributed by atoms with Crippen LogP contribution in [0.1, 0.15) is 0 Å². The molecular formula is C24H21FN4O5. The van der Waals surface area contributed by atoms with Crippen molar-refractivity contribution >= 4 is 28.3 Å². The predicted molar refractivity (Wildman–Crippen MR) is 125 cm³/mol. The Kier molecular flexibility index (Phi) is 6.58. The number of amides is 2. The molecule has 4 rings (SSSR count). The zero-order chi connectivity index (χ0) is 24.1. The molecule has 2 N–H and O–H groups in total. The second kappa shape index (κ2) is 9.90. The van der Waals surface area contributed by atoms with Gasteiger partial charge in [-0.2, -0.15) is 0 Å². The molecule has 0 fully saturated rings. The van der Waals surface area contributed by atoms with Gasteiger partial charge in [0.05, 0.1) is 43.6 Å². The number of para-hydroxylation sites is 2. The fourth-order valence-electron chi connectivity index (χ4n) is 3.24. The maximum atomic E-state index is 14.7.